The molecule has 4 nitrogen and oxygen atoms in total. The quantitative estimate of drug-likeness (QED) is 0.373. The average molecular weight is 251 g/mol. The first-order chi connectivity index (χ1) is 8.29. The number of aromatic nitrogens is 1. The summed E-state index contributed by atoms with van der Waals surface area (Å²) < 4.78 is 0. The Morgan fingerprint density at radius 3 is 3.00 bits per heavy atom. The fourth-order valence-corrected chi connectivity index (χ4v) is 3.30. The molecule has 17 heavy (non-hydrogen) atoms. The summed E-state index contributed by atoms with van der Waals surface area (Å²) in [6.07, 6.45) is 7.11. The lowest BCUT2D eigenvalue weighted by atomic mass is 10.2. The topological polar surface area (TPSA) is 71.5 Å². The van der Waals surface area contributed by atoms with E-state index < -0.39 is 0 Å². The zero-order chi connectivity index (χ0) is 12.1. The van der Waals surface area contributed by atoms with Crippen molar-refractivity contribution < 1.29 is 5.21 Å². The highest BCUT2D eigenvalue weighted by Crippen LogP contribution is 2.31. The van der Waals surface area contributed by atoms with Gasteiger partial charge in [-0.25, -0.2) is 0 Å². The largest absolute Gasteiger partial charge is 0.409 e. The van der Waals surface area contributed by atoms with Gasteiger partial charge in [-0.3, -0.25) is 4.98 Å². The molecule has 0 amide bonds. The Kier molecular flexibility index (Phi) is 4.25. The van der Waals surface area contributed by atoms with Gasteiger partial charge in [0.25, 0.3) is 0 Å². The van der Waals surface area contributed by atoms with Crippen molar-refractivity contribution in [3.05, 3.63) is 29.6 Å². The smallest absolute Gasteiger partial charge is 0.188 e. The molecule has 1 aliphatic carbocycles. The lowest BCUT2D eigenvalue weighted by molar-refractivity contribution is 0.318. The molecule has 0 aliphatic heterocycles. The molecule has 0 radical (unpaired) electrons. The number of rotatable bonds is 4. The van der Waals surface area contributed by atoms with Crippen LogP contribution in [-0.2, 0) is 5.75 Å². The third-order valence-corrected chi connectivity index (χ3v) is 4.43. The summed E-state index contributed by atoms with van der Waals surface area (Å²) in [5, 5.41) is 12.4. The second-order valence-electron chi connectivity index (χ2n) is 4.25. The summed E-state index contributed by atoms with van der Waals surface area (Å²) in [6, 6.07) is 3.87. The van der Waals surface area contributed by atoms with Crippen LogP contribution >= 0.6 is 11.8 Å². The van der Waals surface area contributed by atoms with Gasteiger partial charge in [-0.05, 0) is 30.5 Å². The highest BCUT2D eigenvalue weighted by Gasteiger charge is 2.15. The Balaban J connectivity index is 1.96. The van der Waals surface area contributed by atoms with Crippen molar-refractivity contribution >= 4 is 17.6 Å². The van der Waals surface area contributed by atoms with E-state index in [0.717, 1.165) is 11.0 Å². The lowest BCUT2D eigenvalue weighted by Gasteiger charge is -2.08. The molecule has 3 N–H and O–H groups in total. The summed E-state index contributed by atoms with van der Waals surface area (Å²) in [5.74, 6) is 1.04. The summed E-state index contributed by atoms with van der Waals surface area (Å²) >= 11 is 1.99. The van der Waals surface area contributed by atoms with Crippen molar-refractivity contribution in [3.8, 4) is 0 Å². The minimum atomic E-state index is 0.0673. The fourth-order valence-electron chi connectivity index (χ4n) is 2.02. The van der Waals surface area contributed by atoms with Crippen LogP contribution in [0.1, 0.15) is 36.9 Å². The van der Waals surface area contributed by atoms with E-state index in [1.165, 1.54) is 31.2 Å². The predicted molar refractivity (Wildman–Crippen MR) is 70.3 cm³/mol. The van der Waals surface area contributed by atoms with Gasteiger partial charge in [0.05, 0.1) is 0 Å². The number of amidine groups is 1. The maximum atomic E-state index is 8.60. The van der Waals surface area contributed by atoms with Gasteiger partial charge in [-0.2, -0.15) is 11.8 Å². The predicted octanol–water partition coefficient (Wildman–Crippen LogP) is 2.35. The van der Waals surface area contributed by atoms with Crippen molar-refractivity contribution in [3.63, 3.8) is 0 Å². The monoisotopic (exact) mass is 251 g/mol. The second-order valence-corrected chi connectivity index (χ2v) is 5.54. The number of hydrogen-bond acceptors (Lipinski definition) is 4. The molecule has 1 fully saturated rings. The van der Waals surface area contributed by atoms with Crippen molar-refractivity contribution in [2.24, 2.45) is 10.9 Å². The van der Waals surface area contributed by atoms with Crippen LogP contribution in [-0.4, -0.2) is 21.3 Å². The molecular formula is C12H17N3OS. The van der Waals surface area contributed by atoms with Crippen molar-refractivity contribution in [2.75, 3.05) is 0 Å². The van der Waals surface area contributed by atoms with Crippen LogP contribution in [0.25, 0.3) is 0 Å². The van der Waals surface area contributed by atoms with Gasteiger partial charge >= 0.3 is 0 Å². The van der Waals surface area contributed by atoms with Gasteiger partial charge in [0, 0.05) is 17.2 Å². The van der Waals surface area contributed by atoms with Crippen LogP contribution in [0.4, 0.5) is 0 Å². The zero-order valence-electron chi connectivity index (χ0n) is 9.67. The van der Waals surface area contributed by atoms with Gasteiger partial charge in [-0.15, -0.1) is 0 Å². The van der Waals surface area contributed by atoms with Gasteiger partial charge in [0.15, 0.2) is 5.84 Å². The van der Waals surface area contributed by atoms with Crippen LogP contribution in [0.2, 0.25) is 0 Å². The Morgan fingerprint density at radius 2 is 2.29 bits per heavy atom. The third-order valence-electron chi connectivity index (χ3n) is 2.98. The summed E-state index contributed by atoms with van der Waals surface area (Å²) in [6.45, 7) is 0. The number of thioether (sulfide) groups is 1. The molecule has 0 atom stereocenters. The molecule has 0 unspecified atom stereocenters. The zero-order valence-corrected chi connectivity index (χ0v) is 10.5. The van der Waals surface area contributed by atoms with Crippen LogP contribution in [0, 0.1) is 0 Å². The van der Waals surface area contributed by atoms with Gasteiger partial charge in [0.1, 0.15) is 5.69 Å². The van der Waals surface area contributed by atoms with Crippen molar-refractivity contribution in [1.82, 2.24) is 4.98 Å². The molecule has 1 saturated carbocycles. The highest BCUT2D eigenvalue weighted by atomic mass is 32.2. The summed E-state index contributed by atoms with van der Waals surface area (Å²) in [5.41, 5.74) is 7.23. The average Bonchev–Trinajstić information content (AvgIpc) is 2.89. The van der Waals surface area contributed by atoms with E-state index >= 15 is 0 Å². The van der Waals surface area contributed by atoms with E-state index in [0.29, 0.717) is 5.69 Å². The number of hydrogen-bond donors (Lipinski definition) is 2. The summed E-state index contributed by atoms with van der Waals surface area (Å²) in [7, 11) is 0. The molecular weight excluding hydrogens is 234 g/mol. The minimum Gasteiger partial charge on any atom is -0.409 e. The molecule has 1 aromatic heterocycles. The SMILES string of the molecule is NC(=NO)c1cc(CSC2CCCC2)ccn1. The molecule has 1 aliphatic rings. The molecule has 0 saturated heterocycles. The first kappa shape index (κ1) is 12.2. The Labute approximate surface area is 105 Å². The minimum absolute atomic E-state index is 0.0673. The van der Waals surface area contributed by atoms with Crippen LogP contribution < -0.4 is 5.73 Å². The molecule has 0 aromatic carbocycles. The first-order valence-electron chi connectivity index (χ1n) is 5.84. The first-order valence-corrected chi connectivity index (χ1v) is 6.89. The highest BCUT2D eigenvalue weighted by molar-refractivity contribution is 7.99. The van der Waals surface area contributed by atoms with Gasteiger partial charge in [0.2, 0.25) is 0 Å². The summed E-state index contributed by atoms with van der Waals surface area (Å²) in [4.78, 5) is 4.06. The Hall–Kier alpha value is -1.23. The van der Waals surface area contributed by atoms with E-state index in [-0.39, 0.29) is 5.84 Å². The normalized spacial score (nSPS) is 17.5. The third kappa shape index (κ3) is 3.36. The van der Waals surface area contributed by atoms with Gasteiger partial charge in [-0.1, -0.05) is 18.0 Å². The van der Waals surface area contributed by atoms with E-state index in [2.05, 4.69) is 10.1 Å². The van der Waals surface area contributed by atoms with E-state index in [9.17, 15) is 0 Å². The van der Waals surface area contributed by atoms with E-state index in [1.54, 1.807) is 6.20 Å². The lowest BCUT2D eigenvalue weighted by Crippen LogP contribution is -2.15. The second kappa shape index (κ2) is 5.91. The molecule has 0 spiro atoms. The number of pyridine rings is 1. The molecule has 1 heterocycles. The number of nitrogens with two attached hydrogens (primary N) is 1. The van der Waals surface area contributed by atoms with Crippen LogP contribution in [0.15, 0.2) is 23.5 Å². The van der Waals surface area contributed by atoms with Crippen molar-refractivity contribution in [2.45, 2.75) is 36.7 Å². The van der Waals surface area contributed by atoms with Crippen molar-refractivity contribution in [1.29, 1.82) is 0 Å². The molecule has 1 aromatic rings. The molecule has 2 rings (SSSR count). The molecule has 5 heteroatoms. The van der Waals surface area contributed by atoms with Crippen LogP contribution in [0.3, 0.4) is 0 Å². The van der Waals surface area contributed by atoms with Gasteiger partial charge < -0.3 is 10.9 Å². The Morgan fingerprint density at radius 1 is 1.53 bits per heavy atom. The molecule has 0 bridgehead atoms. The maximum absolute atomic E-state index is 8.60. The van der Waals surface area contributed by atoms with E-state index in [4.69, 9.17) is 10.9 Å². The maximum Gasteiger partial charge on any atom is 0.188 e. The van der Waals surface area contributed by atoms with E-state index in [1.807, 2.05) is 23.9 Å². The number of nitrogens with zero attached hydrogens (tertiary/aromatic N) is 2. The fraction of sp³-hybridized carbons (Fsp3) is 0.500. The Bertz CT molecular complexity index is 402. The standard InChI is InChI=1S/C12H17N3OS/c13-12(15-16)11-7-9(5-6-14-11)8-17-10-3-1-2-4-10/h5-7,10,16H,1-4,8H2,(H2,13,15). The van der Waals surface area contributed by atoms with Crippen LogP contribution in [0.5, 0.6) is 0 Å². The number of oxime groups is 1. The molecule has 92 valence electrons.